The van der Waals surface area contributed by atoms with Crippen LogP contribution in [0, 0.1) is 0 Å². The van der Waals surface area contributed by atoms with E-state index in [9.17, 15) is 4.21 Å². The Kier molecular flexibility index (Phi) is 23.5. The summed E-state index contributed by atoms with van der Waals surface area (Å²) in [4.78, 5) is 10.4. The molecule has 0 saturated carbocycles. The number of ether oxygens (including phenoxy) is 3. The van der Waals surface area contributed by atoms with Crippen LogP contribution >= 0.6 is 0 Å². The topological polar surface area (TPSA) is 77.7 Å². The van der Waals surface area contributed by atoms with E-state index in [1.165, 1.54) is 96.3 Å². The molecular formula is C36H63N4O4S+. The molecule has 0 aliphatic carbocycles. The molecule has 8 nitrogen and oxygen atoms in total. The van der Waals surface area contributed by atoms with Gasteiger partial charge in [-0.15, -0.1) is 0 Å². The van der Waals surface area contributed by atoms with Gasteiger partial charge in [0.2, 0.25) is 0 Å². The van der Waals surface area contributed by atoms with Crippen LogP contribution in [0.1, 0.15) is 110 Å². The summed E-state index contributed by atoms with van der Waals surface area (Å²) in [6.45, 7) is 5.12. The second kappa shape index (κ2) is 27.1. The van der Waals surface area contributed by atoms with E-state index in [0.29, 0.717) is 43.9 Å². The number of nitrogens with zero attached hydrogens (tertiary/aromatic N) is 4. The zero-order valence-corrected chi connectivity index (χ0v) is 29.5. The molecule has 9 heteroatoms. The summed E-state index contributed by atoms with van der Waals surface area (Å²) >= 11 is 0. The zero-order chi connectivity index (χ0) is 32.2. The molecule has 0 aliphatic rings. The molecule has 2 unspecified atom stereocenters. The molecule has 0 fully saturated rings. The molecule has 0 spiro atoms. The van der Waals surface area contributed by atoms with Crippen LogP contribution in [0.25, 0.3) is 0 Å². The van der Waals surface area contributed by atoms with Crippen molar-refractivity contribution in [1.29, 1.82) is 0 Å². The van der Waals surface area contributed by atoms with Gasteiger partial charge in [-0.05, 0) is 12.5 Å². The van der Waals surface area contributed by atoms with E-state index >= 15 is 0 Å². The largest absolute Gasteiger partial charge is 0.457 e. The van der Waals surface area contributed by atoms with Crippen LogP contribution < -0.4 is 14.2 Å². The van der Waals surface area contributed by atoms with Gasteiger partial charge < -0.3 is 19.1 Å². The van der Waals surface area contributed by atoms with Gasteiger partial charge in [-0.25, -0.2) is 14.5 Å². The first kappa shape index (κ1) is 39.1. The Morgan fingerprint density at radius 2 is 1.31 bits per heavy atom. The maximum Gasteiger partial charge on any atom is 0.316 e. The first-order valence-electron chi connectivity index (χ1n) is 17.7. The molecule has 0 aliphatic heterocycles. The summed E-state index contributed by atoms with van der Waals surface area (Å²) in [6, 6.07) is 6.20. The van der Waals surface area contributed by atoms with E-state index in [-0.39, 0.29) is 6.10 Å². The van der Waals surface area contributed by atoms with E-state index in [1.54, 1.807) is 18.5 Å². The Morgan fingerprint density at radius 1 is 0.756 bits per heavy atom. The van der Waals surface area contributed by atoms with Crippen molar-refractivity contribution in [3.05, 3.63) is 43.0 Å². The average Bonchev–Trinajstić information content (AvgIpc) is 3.04. The number of unbranched alkanes of at least 4 members (excludes halogenated alkanes) is 15. The molecule has 0 N–H and O–H groups in total. The second-order valence-corrected chi connectivity index (χ2v) is 13.9. The molecule has 2 atom stereocenters. The number of hydrogen-bond donors (Lipinski definition) is 0. The SMILES string of the molecule is CCCCCCCCCCCCCCCCCCOCC(CS(=O)CCOCC[n+]1ccc(N(C)C)cc1)Oc1ncccn1. The van der Waals surface area contributed by atoms with Crippen molar-refractivity contribution in [3.8, 4) is 6.01 Å². The molecule has 0 saturated heterocycles. The molecule has 2 rings (SSSR count). The van der Waals surface area contributed by atoms with Gasteiger partial charge in [0, 0.05) is 67.5 Å². The van der Waals surface area contributed by atoms with Crippen molar-refractivity contribution in [3.63, 3.8) is 0 Å². The van der Waals surface area contributed by atoms with Gasteiger partial charge in [0.25, 0.3) is 0 Å². The van der Waals surface area contributed by atoms with Gasteiger partial charge in [-0.1, -0.05) is 103 Å². The Bertz CT molecular complexity index is 965. The third-order valence-electron chi connectivity index (χ3n) is 7.97. The van der Waals surface area contributed by atoms with Crippen LogP contribution in [-0.2, 0) is 26.8 Å². The fourth-order valence-corrected chi connectivity index (χ4v) is 6.24. The smallest absolute Gasteiger partial charge is 0.316 e. The highest BCUT2D eigenvalue weighted by molar-refractivity contribution is 7.85. The molecule has 0 bridgehead atoms. The van der Waals surface area contributed by atoms with Gasteiger partial charge in [-0.3, -0.25) is 4.21 Å². The Labute approximate surface area is 277 Å². The summed E-state index contributed by atoms with van der Waals surface area (Å²) in [7, 11) is 2.96. The second-order valence-electron chi connectivity index (χ2n) is 12.3. The minimum absolute atomic E-state index is 0.291. The highest BCUT2D eigenvalue weighted by Gasteiger charge is 2.17. The lowest BCUT2D eigenvalue weighted by atomic mass is 10.0. The molecule has 0 radical (unpaired) electrons. The number of pyridine rings is 1. The van der Waals surface area contributed by atoms with Gasteiger partial charge >= 0.3 is 6.01 Å². The Hall–Kier alpha value is -2.10. The average molecular weight is 648 g/mol. The van der Waals surface area contributed by atoms with Crippen molar-refractivity contribution < 1.29 is 23.0 Å². The van der Waals surface area contributed by atoms with Crippen LogP contribution in [0.2, 0.25) is 0 Å². The van der Waals surface area contributed by atoms with Crippen LogP contribution in [0.15, 0.2) is 43.0 Å². The highest BCUT2D eigenvalue weighted by atomic mass is 32.2. The van der Waals surface area contributed by atoms with E-state index in [2.05, 4.69) is 38.5 Å². The highest BCUT2D eigenvalue weighted by Crippen LogP contribution is 2.14. The van der Waals surface area contributed by atoms with Gasteiger partial charge in [0.05, 0.1) is 19.0 Å². The quantitative estimate of drug-likeness (QED) is 0.0650. The summed E-state index contributed by atoms with van der Waals surface area (Å²) in [5, 5.41) is 0. The number of hydrogen-bond acceptors (Lipinski definition) is 7. The molecule has 45 heavy (non-hydrogen) atoms. The summed E-state index contributed by atoms with van der Waals surface area (Å²) in [5.74, 6) is 0.820. The maximum absolute atomic E-state index is 12.8. The van der Waals surface area contributed by atoms with Crippen molar-refractivity contribution in [1.82, 2.24) is 9.97 Å². The Morgan fingerprint density at radius 3 is 1.87 bits per heavy atom. The zero-order valence-electron chi connectivity index (χ0n) is 28.7. The molecule has 2 aromatic rings. The standard InChI is InChI=1S/C36H63N4O4S/c1-4-5-6-7-8-9-10-11-12-13-14-15-16-17-18-19-28-43-32-35(44-36-37-23-20-24-38-36)33-45(41)31-30-42-29-27-40-25-21-34(22-26-40)39(2)3/h20-26,35H,4-19,27-33H2,1-3H3/q+1. The lowest BCUT2D eigenvalue weighted by Crippen LogP contribution is -2.35. The van der Waals surface area contributed by atoms with Crippen LogP contribution in [0.5, 0.6) is 6.01 Å². The third-order valence-corrected chi connectivity index (χ3v) is 9.34. The number of aromatic nitrogens is 3. The Balaban J connectivity index is 1.50. The van der Waals surface area contributed by atoms with E-state index in [1.807, 2.05) is 26.5 Å². The lowest BCUT2D eigenvalue weighted by molar-refractivity contribution is -0.698. The number of anilines is 1. The fourth-order valence-electron chi connectivity index (χ4n) is 5.19. The van der Waals surface area contributed by atoms with Crippen molar-refractivity contribution in [2.45, 2.75) is 122 Å². The molecule has 2 heterocycles. The van der Waals surface area contributed by atoms with Gasteiger partial charge in [0.1, 0.15) is 12.7 Å². The third kappa shape index (κ3) is 21.3. The summed E-state index contributed by atoms with van der Waals surface area (Å²) < 4.78 is 32.6. The van der Waals surface area contributed by atoms with Gasteiger partial charge in [0.15, 0.2) is 18.9 Å². The molecule has 0 aromatic carbocycles. The minimum atomic E-state index is -1.10. The first-order chi connectivity index (χ1) is 22.1. The molecule has 2 aromatic heterocycles. The van der Waals surface area contributed by atoms with Gasteiger partial charge in [-0.2, -0.15) is 0 Å². The van der Waals surface area contributed by atoms with Crippen molar-refractivity contribution in [2.24, 2.45) is 0 Å². The van der Waals surface area contributed by atoms with E-state index in [0.717, 1.165) is 18.7 Å². The lowest BCUT2D eigenvalue weighted by Gasteiger charge is -2.17. The molecule has 0 amide bonds. The number of rotatable bonds is 30. The normalized spacial score (nSPS) is 12.7. The van der Waals surface area contributed by atoms with E-state index in [4.69, 9.17) is 14.2 Å². The predicted octanol–water partition coefficient (Wildman–Crippen LogP) is 7.32. The monoisotopic (exact) mass is 647 g/mol. The molecule has 256 valence electrons. The fraction of sp³-hybridized carbons (Fsp3) is 0.750. The predicted molar refractivity (Wildman–Crippen MR) is 186 cm³/mol. The molecular weight excluding hydrogens is 584 g/mol. The van der Waals surface area contributed by atoms with Crippen molar-refractivity contribution >= 4 is 16.5 Å². The van der Waals surface area contributed by atoms with Crippen LogP contribution in [0.3, 0.4) is 0 Å². The summed E-state index contributed by atoms with van der Waals surface area (Å²) in [5.41, 5.74) is 1.16. The van der Waals surface area contributed by atoms with Crippen LogP contribution in [-0.4, -0.2) is 72.3 Å². The van der Waals surface area contributed by atoms with Crippen LogP contribution in [0.4, 0.5) is 5.69 Å². The maximum atomic E-state index is 12.8. The minimum Gasteiger partial charge on any atom is -0.457 e. The van der Waals surface area contributed by atoms with E-state index < -0.39 is 10.8 Å². The van der Waals surface area contributed by atoms with Crippen molar-refractivity contribution in [2.75, 3.05) is 56.9 Å². The summed E-state index contributed by atoms with van der Waals surface area (Å²) in [6.07, 6.45) is 28.7. The first-order valence-corrected chi connectivity index (χ1v) is 19.2.